The molecule has 2 aliphatic rings. The molecule has 0 aromatic heterocycles. The maximum atomic E-state index is 14.6. The maximum absolute atomic E-state index is 14.6. The third kappa shape index (κ3) is 9.02. The predicted molar refractivity (Wildman–Crippen MR) is 161 cm³/mol. The summed E-state index contributed by atoms with van der Waals surface area (Å²) in [4.78, 5) is 43.4. The van der Waals surface area contributed by atoms with E-state index in [2.05, 4.69) is 0 Å². The summed E-state index contributed by atoms with van der Waals surface area (Å²) in [5, 5.41) is 19.6. The van der Waals surface area contributed by atoms with E-state index in [1.807, 2.05) is 0 Å². The Balaban J connectivity index is 2.05. The van der Waals surface area contributed by atoms with E-state index in [1.54, 1.807) is 20.8 Å². The van der Waals surface area contributed by atoms with E-state index in [0.717, 1.165) is 17.0 Å². The number of aliphatic hydroxyl groups is 1. The highest BCUT2D eigenvalue weighted by Gasteiger charge is 2.48. The van der Waals surface area contributed by atoms with Gasteiger partial charge in [-0.05, 0) is 65.5 Å². The summed E-state index contributed by atoms with van der Waals surface area (Å²) < 4.78 is 65.7. The number of unbranched alkanes of at least 4 members (excludes halogenated alkanes) is 1. The van der Waals surface area contributed by atoms with Gasteiger partial charge in [-0.15, -0.1) is 0 Å². The topological polar surface area (TPSA) is 138 Å². The van der Waals surface area contributed by atoms with E-state index >= 15 is 0 Å². The molecule has 0 radical (unpaired) electrons. The van der Waals surface area contributed by atoms with Crippen molar-refractivity contribution in [2.24, 2.45) is 0 Å². The van der Waals surface area contributed by atoms with Crippen molar-refractivity contribution in [3.63, 3.8) is 0 Å². The number of piperidine rings is 1. The van der Waals surface area contributed by atoms with Gasteiger partial charge >= 0.3 is 12.3 Å². The van der Waals surface area contributed by atoms with Gasteiger partial charge in [0.2, 0.25) is 5.60 Å². The lowest BCUT2D eigenvalue weighted by Gasteiger charge is -2.42. The molecule has 3 atom stereocenters. The molecule has 1 aromatic carbocycles. The van der Waals surface area contributed by atoms with Crippen molar-refractivity contribution < 1.29 is 56.7 Å². The molecule has 46 heavy (non-hydrogen) atoms. The summed E-state index contributed by atoms with van der Waals surface area (Å²) in [6, 6.07) is 0.595. The normalized spacial score (nSPS) is 20.8. The molecule has 2 aliphatic heterocycles. The van der Waals surface area contributed by atoms with E-state index in [9.17, 15) is 37.8 Å². The summed E-state index contributed by atoms with van der Waals surface area (Å²) in [6.07, 6.45) is -5.24. The van der Waals surface area contributed by atoms with Crippen molar-refractivity contribution in [2.45, 2.75) is 83.3 Å². The van der Waals surface area contributed by atoms with Crippen LogP contribution in [0.5, 0.6) is 5.75 Å². The minimum absolute atomic E-state index is 0.00478. The van der Waals surface area contributed by atoms with Crippen LogP contribution in [0.1, 0.15) is 69.3 Å². The monoisotopic (exact) mass is 661 g/mol. The zero-order valence-corrected chi connectivity index (χ0v) is 27.1. The number of carbonyl (C=O) groups is 3. The van der Waals surface area contributed by atoms with E-state index in [-0.39, 0.29) is 50.9 Å². The van der Waals surface area contributed by atoms with Crippen LogP contribution in [0.4, 0.5) is 23.7 Å². The van der Waals surface area contributed by atoms with Gasteiger partial charge in [0.25, 0.3) is 11.8 Å². The van der Waals surface area contributed by atoms with Crippen molar-refractivity contribution in [1.29, 1.82) is 0 Å². The molecule has 12 nitrogen and oxygen atoms in total. The SMILES string of the molecule is CCOCC(O)COCC1(C)Oc2cc(C(F)(F)F)c(C(=O)N(C(C)C)[C@@H]3CCCN(C(=O)O)C3)cc2N(CCCCOC)C1=O. The van der Waals surface area contributed by atoms with Gasteiger partial charge in [-0.25, -0.2) is 4.79 Å². The third-order valence-corrected chi connectivity index (χ3v) is 7.99. The molecule has 2 heterocycles. The van der Waals surface area contributed by atoms with E-state index in [1.165, 1.54) is 23.8 Å². The Kier molecular flexibility index (Phi) is 13.1. The first-order valence-corrected chi connectivity index (χ1v) is 15.5. The average molecular weight is 662 g/mol. The first-order chi connectivity index (χ1) is 21.6. The quantitative estimate of drug-likeness (QED) is 0.267. The van der Waals surface area contributed by atoms with E-state index < -0.39 is 59.0 Å². The zero-order chi connectivity index (χ0) is 34.2. The van der Waals surface area contributed by atoms with Gasteiger partial charge in [0.15, 0.2) is 0 Å². The Morgan fingerprint density at radius 1 is 1.20 bits per heavy atom. The number of benzene rings is 1. The Labute approximate surface area is 267 Å². The first kappa shape index (κ1) is 37.3. The number of nitrogens with zero attached hydrogens (tertiary/aromatic N) is 3. The van der Waals surface area contributed by atoms with Gasteiger partial charge in [-0.3, -0.25) is 9.59 Å². The Morgan fingerprint density at radius 2 is 1.89 bits per heavy atom. The number of ether oxygens (including phenoxy) is 4. The van der Waals surface area contributed by atoms with Gasteiger partial charge in [-0.1, -0.05) is 0 Å². The average Bonchev–Trinajstić information content (AvgIpc) is 2.99. The van der Waals surface area contributed by atoms with Crippen LogP contribution in [-0.4, -0.2) is 121 Å². The molecule has 1 aromatic rings. The Hall–Kier alpha value is -3.14. The van der Waals surface area contributed by atoms with Crippen LogP contribution in [-0.2, 0) is 25.2 Å². The van der Waals surface area contributed by atoms with Crippen LogP contribution in [0.15, 0.2) is 12.1 Å². The molecule has 260 valence electrons. The first-order valence-electron chi connectivity index (χ1n) is 15.5. The van der Waals surface area contributed by atoms with Crippen LogP contribution >= 0.6 is 0 Å². The molecule has 2 N–H and O–H groups in total. The van der Waals surface area contributed by atoms with Crippen molar-refractivity contribution in [1.82, 2.24) is 9.80 Å². The van der Waals surface area contributed by atoms with Crippen molar-refractivity contribution in [3.8, 4) is 5.75 Å². The third-order valence-electron chi connectivity index (χ3n) is 7.99. The second-order valence-corrected chi connectivity index (χ2v) is 12.0. The number of methoxy groups -OCH3 is 1. The molecular formula is C31H46F3N3O9. The van der Waals surface area contributed by atoms with Gasteiger partial charge in [0, 0.05) is 46.0 Å². The number of aliphatic hydroxyl groups excluding tert-OH is 1. The zero-order valence-electron chi connectivity index (χ0n) is 27.1. The summed E-state index contributed by atoms with van der Waals surface area (Å²) in [6.45, 7) is 7.05. The largest absolute Gasteiger partial charge is 0.473 e. The van der Waals surface area contributed by atoms with E-state index in [0.29, 0.717) is 38.9 Å². The Morgan fingerprint density at radius 3 is 2.50 bits per heavy atom. The number of halogens is 3. The molecule has 0 saturated carbocycles. The minimum atomic E-state index is -4.97. The lowest BCUT2D eigenvalue weighted by atomic mass is 9.96. The highest BCUT2D eigenvalue weighted by Crippen LogP contribution is 2.45. The second-order valence-electron chi connectivity index (χ2n) is 12.0. The van der Waals surface area contributed by atoms with Gasteiger partial charge in [-0.2, -0.15) is 13.2 Å². The van der Waals surface area contributed by atoms with Crippen LogP contribution < -0.4 is 9.64 Å². The van der Waals surface area contributed by atoms with Crippen molar-refractivity contribution in [2.75, 3.05) is 64.7 Å². The molecule has 1 fully saturated rings. The number of hydrogen-bond donors (Lipinski definition) is 2. The molecule has 15 heteroatoms. The second kappa shape index (κ2) is 16.1. The van der Waals surface area contributed by atoms with Gasteiger partial charge < -0.3 is 43.9 Å². The van der Waals surface area contributed by atoms with Crippen molar-refractivity contribution >= 4 is 23.6 Å². The number of hydrogen-bond acceptors (Lipinski definition) is 8. The number of alkyl halides is 3. The fourth-order valence-electron chi connectivity index (χ4n) is 5.79. The lowest BCUT2D eigenvalue weighted by Crippen LogP contribution is -2.57. The molecule has 0 bridgehead atoms. The smallest absolute Gasteiger partial charge is 0.417 e. The summed E-state index contributed by atoms with van der Waals surface area (Å²) in [5.74, 6) is -1.75. The number of amides is 3. The highest BCUT2D eigenvalue weighted by molar-refractivity contribution is 6.05. The number of fused-ring (bicyclic) bond motifs is 1. The van der Waals surface area contributed by atoms with Crippen LogP contribution in [0.25, 0.3) is 0 Å². The molecule has 3 amide bonds. The van der Waals surface area contributed by atoms with Crippen LogP contribution in [0.3, 0.4) is 0 Å². The maximum Gasteiger partial charge on any atom is 0.417 e. The molecule has 3 rings (SSSR count). The van der Waals surface area contributed by atoms with Gasteiger partial charge in [0.05, 0.1) is 42.7 Å². The number of rotatable bonds is 15. The number of carbonyl (C=O) groups excluding carboxylic acids is 2. The summed E-state index contributed by atoms with van der Waals surface area (Å²) in [7, 11) is 1.53. The standard InChI is InChI=1S/C31H46F3N3O9/c1-6-44-17-22(38)18-45-19-30(4)28(40)36(12-7-8-13-43-5)25-14-23(24(31(32,33)34)15-26(25)46-30)27(39)37(20(2)3)21-10-9-11-35(16-21)29(41)42/h14-15,20-22,38H,6-13,16-19H2,1-5H3,(H,41,42)/t21-,22?,30?/m1/s1. The molecule has 1 saturated heterocycles. The minimum Gasteiger partial charge on any atom is -0.473 e. The predicted octanol–water partition coefficient (Wildman–Crippen LogP) is 4.02. The van der Waals surface area contributed by atoms with Crippen LogP contribution in [0.2, 0.25) is 0 Å². The molecule has 0 aliphatic carbocycles. The highest BCUT2D eigenvalue weighted by atomic mass is 19.4. The summed E-state index contributed by atoms with van der Waals surface area (Å²) in [5.41, 5.74) is -3.63. The fraction of sp³-hybridized carbons (Fsp3) is 0.710. The summed E-state index contributed by atoms with van der Waals surface area (Å²) >= 11 is 0. The van der Waals surface area contributed by atoms with Crippen LogP contribution in [0, 0.1) is 0 Å². The van der Waals surface area contributed by atoms with Gasteiger partial charge in [0.1, 0.15) is 11.9 Å². The van der Waals surface area contributed by atoms with E-state index in [4.69, 9.17) is 18.9 Å². The number of carboxylic acid groups (broad SMARTS) is 1. The molecule has 0 spiro atoms. The number of likely N-dealkylation sites (tertiary alicyclic amines) is 1. The molecule has 2 unspecified atom stereocenters. The lowest BCUT2D eigenvalue weighted by molar-refractivity contribution is -0.142. The fourth-order valence-corrected chi connectivity index (χ4v) is 5.79. The number of anilines is 1. The Bertz CT molecular complexity index is 1220. The van der Waals surface area contributed by atoms with Crippen molar-refractivity contribution in [3.05, 3.63) is 23.3 Å². The molecular weight excluding hydrogens is 615 g/mol.